The molecular formula is C23H27F3N2O3S. The summed E-state index contributed by atoms with van der Waals surface area (Å²) in [4.78, 5) is 27.7. The van der Waals surface area contributed by atoms with Crippen LogP contribution in [0.2, 0.25) is 0 Å². The van der Waals surface area contributed by atoms with E-state index in [2.05, 4.69) is 5.32 Å². The number of anilines is 1. The Morgan fingerprint density at radius 2 is 1.78 bits per heavy atom. The standard InChI is InChI=1S/C23H27F3N2O3S/c1-3-31-18-12-10-17(11-13-18)28(22(30)23(24,25)26)20(19-14-9-15(2)32-19)21(29)27-16-7-5-4-6-8-16/h9-14,16,20H,3-8H2,1-2H3,(H,27,29)/t20-/m1/s1. The summed E-state index contributed by atoms with van der Waals surface area (Å²) < 4.78 is 46.3. The molecule has 9 heteroatoms. The van der Waals surface area contributed by atoms with Crippen LogP contribution in [-0.2, 0) is 9.59 Å². The average Bonchev–Trinajstić information content (AvgIpc) is 3.18. The molecule has 0 bridgehead atoms. The lowest BCUT2D eigenvalue weighted by molar-refractivity contribution is -0.171. The summed E-state index contributed by atoms with van der Waals surface area (Å²) in [6.45, 7) is 3.99. The minimum atomic E-state index is -5.14. The number of ether oxygens (including phenoxy) is 1. The number of alkyl halides is 3. The van der Waals surface area contributed by atoms with E-state index in [0.717, 1.165) is 37.0 Å². The van der Waals surface area contributed by atoms with Crippen molar-refractivity contribution >= 4 is 28.8 Å². The Labute approximate surface area is 189 Å². The van der Waals surface area contributed by atoms with Crippen LogP contribution >= 0.6 is 11.3 Å². The molecule has 1 aliphatic carbocycles. The summed E-state index contributed by atoms with van der Waals surface area (Å²) in [6, 6.07) is 7.53. The molecule has 1 N–H and O–H groups in total. The van der Waals surface area contributed by atoms with Crippen LogP contribution in [0.5, 0.6) is 5.75 Å². The summed E-state index contributed by atoms with van der Waals surface area (Å²) in [5.74, 6) is -2.23. The van der Waals surface area contributed by atoms with Crippen molar-refractivity contribution in [3.63, 3.8) is 0 Å². The van der Waals surface area contributed by atoms with Crippen molar-refractivity contribution in [2.75, 3.05) is 11.5 Å². The van der Waals surface area contributed by atoms with E-state index in [1.807, 2.05) is 0 Å². The van der Waals surface area contributed by atoms with Gasteiger partial charge >= 0.3 is 12.1 Å². The first-order chi connectivity index (χ1) is 15.2. The average molecular weight is 469 g/mol. The number of hydrogen-bond donors (Lipinski definition) is 1. The van der Waals surface area contributed by atoms with Crippen molar-refractivity contribution in [2.45, 2.75) is 64.2 Å². The summed E-state index contributed by atoms with van der Waals surface area (Å²) in [5, 5.41) is 2.90. The van der Waals surface area contributed by atoms with E-state index in [1.165, 1.54) is 35.6 Å². The van der Waals surface area contributed by atoms with Gasteiger partial charge in [0.05, 0.1) is 6.61 Å². The number of aryl methyl sites for hydroxylation is 1. The summed E-state index contributed by atoms with van der Waals surface area (Å²) in [6.07, 6.45) is -0.606. The van der Waals surface area contributed by atoms with Crippen LogP contribution in [-0.4, -0.2) is 30.6 Å². The zero-order valence-corrected chi connectivity index (χ0v) is 18.9. The molecule has 0 saturated heterocycles. The number of carbonyl (C=O) groups excluding carboxylic acids is 2. The number of hydrogen-bond acceptors (Lipinski definition) is 4. The number of nitrogens with zero attached hydrogens (tertiary/aromatic N) is 1. The Kier molecular flexibility index (Phi) is 7.82. The Hall–Kier alpha value is -2.55. The predicted octanol–water partition coefficient (Wildman–Crippen LogP) is 5.54. The highest BCUT2D eigenvalue weighted by molar-refractivity contribution is 7.12. The maximum Gasteiger partial charge on any atom is 0.471 e. The highest BCUT2D eigenvalue weighted by Crippen LogP contribution is 2.36. The first-order valence-electron chi connectivity index (χ1n) is 10.7. The van der Waals surface area contributed by atoms with Crippen LogP contribution in [0.4, 0.5) is 18.9 Å². The second-order valence-electron chi connectivity index (χ2n) is 7.79. The summed E-state index contributed by atoms with van der Waals surface area (Å²) in [7, 11) is 0. The largest absolute Gasteiger partial charge is 0.494 e. The molecule has 3 rings (SSSR count). The first kappa shape index (κ1) is 24.1. The van der Waals surface area contributed by atoms with Crippen LogP contribution in [0.25, 0.3) is 0 Å². The van der Waals surface area contributed by atoms with Crippen LogP contribution in [0.15, 0.2) is 36.4 Å². The molecule has 32 heavy (non-hydrogen) atoms. The van der Waals surface area contributed by atoms with Crippen molar-refractivity contribution in [3.05, 3.63) is 46.2 Å². The molecule has 1 aromatic carbocycles. The van der Waals surface area contributed by atoms with Crippen LogP contribution < -0.4 is 15.0 Å². The lowest BCUT2D eigenvalue weighted by atomic mass is 9.95. The molecular weight excluding hydrogens is 441 g/mol. The van der Waals surface area contributed by atoms with E-state index in [9.17, 15) is 22.8 Å². The second-order valence-corrected chi connectivity index (χ2v) is 9.11. The number of rotatable bonds is 7. The topological polar surface area (TPSA) is 58.6 Å². The number of nitrogens with one attached hydrogen (secondary N) is 1. The van der Waals surface area contributed by atoms with Gasteiger partial charge in [-0.15, -0.1) is 11.3 Å². The minimum Gasteiger partial charge on any atom is -0.494 e. The maximum atomic E-state index is 13.6. The van der Waals surface area contributed by atoms with Gasteiger partial charge in [-0.1, -0.05) is 19.3 Å². The van der Waals surface area contributed by atoms with Gasteiger partial charge < -0.3 is 10.1 Å². The molecule has 0 aliphatic heterocycles. The molecule has 0 unspecified atom stereocenters. The predicted molar refractivity (Wildman–Crippen MR) is 118 cm³/mol. The van der Waals surface area contributed by atoms with E-state index >= 15 is 0 Å². The van der Waals surface area contributed by atoms with Gasteiger partial charge in [0, 0.05) is 21.5 Å². The van der Waals surface area contributed by atoms with Gasteiger partial charge in [-0.05, 0) is 63.1 Å². The van der Waals surface area contributed by atoms with E-state index in [0.29, 0.717) is 22.1 Å². The second kappa shape index (κ2) is 10.4. The fourth-order valence-electron chi connectivity index (χ4n) is 3.89. The molecule has 1 heterocycles. The van der Waals surface area contributed by atoms with Gasteiger partial charge in [-0.2, -0.15) is 13.2 Å². The molecule has 1 aromatic heterocycles. The lowest BCUT2D eigenvalue weighted by Crippen LogP contribution is -2.50. The SMILES string of the molecule is CCOc1ccc(N(C(=O)C(F)(F)F)[C@@H](C(=O)NC2CCCCC2)c2ccc(C)s2)cc1. The Morgan fingerprint density at radius 3 is 2.31 bits per heavy atom. The van der Waals surface area contributed by atoms with Crippen molar-refractivity contribution in [1.29, 1.82) is 0 Å². The van der Waals surface area contributed by atoms with Gasteiger partial charge in [-0.25, -0.2) is 0 Å². The third-order valence-corrected chi connectivity index (χ3v) is 6.43. The fraction of sp³-hybridized carbons (Fsp3) is 0.478. The van der Waals surface area contributed by atoms with Gasteiger partial charge in [0.2, 0.25) is 5.91 Å². The normalized spacial score (nSPS) is 15.8. The van der Waals surface area contributed by atoms with E-state index < -0.39 is 24.0 Å². The van der Waals surface area contributed by atoms with Gasteiger partial charge in [0.1, 0.15) is 5.75 Å². The Balaban J connectivity index is 2.03. The maximum absolute atomic E-state index is 13.6. The zero-order chi connectivity index (χ0) is 23.3. The quantitative estimate of drug-likeness (QED) is 0.580. The molecule has 174 valence electrons. The van der Waals surface area contributed by atoms with E-state index in [4.69, 9.17) is 4.74 Å². The lowest BCUT2D eigenvalue weighted by Gasteiger charge is -2.33. The number of thiophene rings is 1. The molecule has 0 radical (unpaired) electrons. The highest BCUT2D eigenvalue weighted by atomic mass is 32.1. The molecule has 2 amide bonds. The van der Waals surface area contributed by atoms with Crippen LogP contribution in [0, 0.1) is 6.92 Å². The Morgan fingerprint density at radius 1 is 1.12 bits per heavy atom. The molecule has 1 fully saturated rings. The summed E-state index contributed by atoms with van der Waals surface area (Å²) in [5.41, 5.74) is -0.0226. The van der Waals surface area contributed by atoms with Gasteiger partial charge in [-0.3, -0.25) is 14.5 Å². The van der Waals surface area contributed by atoms with Crippen molar-refractivity contribution < 1.29 is 27.5 Å². The third-order valence-electron chi connectivity index (χ3n) is 5.38. The van der Waals surface area contributed by atoms with Crippen molar-refractivity contribution in [3.8, 4) is 5.75 Å². The Bertz CT molecular complexity index is 921. The number of halogens is 3. The van der Waals surface area contributed by atoms with Crippen LogP contribution in [0.3, 0.4) is 0 Å². The third kappa shape index (κ3) is 5.82. The molecule has 1 aliphatic rings. The summed E-state index contributed by atoms with van der Waals surface area (Å²) >= 11 is 1.20. The molecule has 1 saturated carbocycles. The molecule has 2 aromatic rings. The molecule has 5 nitrogen and oxygen atoms in total. The number of carbonyl (C=O) groups is 2. The van der Waals surface area contributed by atoms with Crippen molar-refractivity contribution in [1.82, 2.24) is 5.32 Å². The van der Waals surface area contributed by atoms with Gasteiger partial charge in [0.15, 0.2) is 6.04 Å². The minimum absolute atomic E-state index is 0.0226. The molecule has 0 spiro atoms. The highest BCUT2D eigenvalue weighted by Gasteiger charge is 2.48. The monoisotopic (exact) mass is 468 g/mol. The number of amides is 2. The fourth-order valence-corrected chi connectivity index (χ4v) is 4.86. The van der Waals surface area contributed by atoms with E-state index in [1.54, 1.807) is 26.0 Å². The smallest absolute Gasteiger partial charge is 0.471 e. The van der Waals surface area contributed by atoms with Gasteiger partial charge in [0.25, 0.3) is 0 Å². The number of benzene rings is 1. The molecule has 1 atom stereocenters. The van der Waals surface area contributed by atoms with E-state index in [-0.39, 0.29) is 11.7 Å². The first-order valence-corrected chi connectivity index (χ1v) is 11.5. The zero-order valence-electron chi connectivity index (χ0n) is 18.1. The van der Waals surface area contributed by atoms with Crippen LogP contribution in [0.1, 0.15) is 54.8 Å². The van der Waals surface area contributed by atoms with Crippen molar-refractivity contribution in [2.24, 2.45) is 0 Å².